The van der Waals surface area contributed by atoms with Gasteiger partial charge in [-0.1, -0.05) is 30.3 Å². The van der Waals surface area contributed by atoms with Crippen LogP contribution in [0.15, 0.2) is 47.3 Å². The fourth-order valence-corrected chi connectivity index (χ4v) is 1.78. The van der Waals surface area contributed by atoms with Crippen LogP contribution in [0.25, 0.3) is 6.08 Å². The van der Waals surface area contributed by atoms with Crippen molar-refractivity contribution in [1.82, 2.24) is 4.98 Å². The maximum atomic E-state index is 12.0. The van der Waals surface area contributed by atoms with Crippen molar-refractivity contribution in [3.05, 3.63) is 69.6 Å². The highest BCUT2D eigenvalue weighted by Crippen LogP contribution is 2.12. The third-order valence-electron chi connectivity index (χ3n) is 2.73. The van der Waals surface area contributed by atoms with Gasteiger partial charge in [-0.05, 0) is 17.7 Å². The lowest BCUT2D eigenvalue weighted by Crippen LogP contribution is -2.12. The van der Waals surface area contributed by atoms with Crippen molar-refractivity contribution in [3.8, 4) is 5.75 Å². The Morgan fingerprint density at radius 1 is 1.14 bits per heavy atom. The average Bonchev–Trinajstić information content (AvgIpc) is 2.52. The molecule has 0 fully saturated rings. The summed E-state index contributed by atoms with van der Waals surface area (Å²) < 4.78 is 5.44. The number of benzene rings is 1. The van der Waals surface area contributed by atoms with Gasteiger partial charge in [0.15, 0.2) is 12.0 Å². The lowest BCUT2D eigenvalue weighted by molar-refractivity contribution is -0.104. The molecule has 0 saturated carbocycles. The topological polar surface area (TPSA) is 76.2 Å². The fourth-order valence-electron chi connectivity index (χ4n) is 1.78. The Balaban J connectivity index is 2.26. The largest absolute Gasteiger partial charge is 0.483 e. The Hall–Kier alpha value is -2.95. The van der Waals surface area contributed by atoms with Crippen LogP contribution >= 0.6 is 0 Å². The zero-order chi connectivity index (χ0) is 15.1. The molecule has 0 aliphatic heterocycles. The smallest absolute Gasteiger partial charge is 0.224 e. The lowest BCUT2D eigenvalue weighted by atomic mass is 10.2. The number of rotatable bonds is 6. The van der Waals surface area contributed by atoms with Crippen LogP contribution in [0.5, 0.6) is 5.75 Å². The van der Waals surface area contributed by atoms with Crippen LogP contribution in [0.4, 0.5) is 0 Å². The van der Waals surface area contributed by atoms with Crippen LogP contribution in [-0.2, 0) is 11.4 Å². The van der Waals surface area contributed by atoms with Crippen molar-refractivity contribution < 1.29 is 14.3 Å². The predicted octanol–water partition coefficient (Wildman–Crippen LogP) is 1.98. The molecular weight excluding hydrogens is 270 g/mol. The van der Waals surface area contributed by atoms with Gasteiger partial charge in [0, 0.05) is 11.8 Å². The number of hydrogen-bond acceptors (Lipinski definition) is 4. The monoisotopic (exact) mass is 283 g/mol. The Kier molecular flexibility index (Phi) is 4.82. The summed E-state index contributed by atoms with van der Waals surface area (Å²) in [5.74, 6) is -0.0305. The highest BCUT2D eigenvalue weighted by molar-refractivity contribution is 5.78. The summed E-state index contributed by atoms with van der Waals surface area (Å²) in [6.45, 7) is 0.189. The number of ether oxygens (including phenoxy) is 1. The van der Waals surface area contributed by atoms with E-state index in [0.29, 0.717) is 18.3 Å². The molecule has 2 aromatic rings. The molecule has 2 rings (SSSR count). The number of pyridine rings is 1. The van der Waals surface area contributed by atoms with Crippen molar-refractivity contribution >= 4 is 18.6 Å². The van der Waals surface area contributed by atoms with Crippen LogP contribution in [0.3, 0.4) is 0 Å². The van der Waals surface area contributed by atoms with Crippen molar-refractivity contribution in [3.63, 3.8) is 0 Å². The molecular formula is C16H13NO4. The van der Waals surface area contributed by atoms with Gasteiger partial charge in [0.05, 0.1) is 0 Å². The summed E-state index contributed by atoms with van der Waals surface area (Å²) in [6.07, 6.45) is 3.73. The van der Waals surface area contributed by atoms with Crippen LogP contribution in [0.2, 0.25) is 0 Å². The first kappa shape index (κ1) is 14.5. The second-order valence-corrected chi connectivity index (χ2v) is 4.22. The molecule has 0 radical (unpaired) electrons. The number of nitrogens with one attached hydrogen (secondary N) is 1. The number of aromatic nitrogens is 1. The number of carbonyl (C=O) groups excluding carboxylic acids is 2. The maximum absolute atomic E-state index is 12.0. The zero-order valence-electron chi connectivity index (χ0n) is 11.1. The van der Waals surface area contributed by atoms with E-state index in [4.69, 9.17) is 4.74 Å². The zero-order valence-corrected chi connectivity index (χ0v) is 11.1. The van der Waals surface area contributed by atoms with Gasteiger partial charge < -0.3 is 9.72 Å². The predicted molar refractivity (Wildman–Crippen MR) is 78.3 cm³/mol. The molecule has 1 aromatic heterocycles. The van der Waals surface area contributed by atoms with Crippen molar-refractivity contribution in [2.24, 2.45) is 0 Å². The summed E-state index contributed by atoms with van der Waals surface area (Å²) in [7, 11) is 0. The third kappa shape index (κ3) is 3.76. The van der Waals surface area contributed by atoms with Crippen LogP contribution in [-0.4, -0.2) is 17.6 Å². The van der Waals surface area contributed by atoms with Gasteiger partial charge in [0.25, 0.3) is 0 Å². The molecule has 21 heavy (non-hydrogen) atoms. The summed E-state index contributed by atoms with van der Waals surface area (Å²) in [5, 5.41) is 0. The van der Waals surface area contributed by atoms with Crippen LogP contribution in [0.1, 0.15) is 21.7 Å². The molecule has 0 unspecified atom stereocenters. The van der Waals surface area contributed by atoms with Gasteiger partial charge in [-0.2, -0.15) is 0 Å². The van der Waals surface area contributed by atoms with E-state index in [1.807, 2.05) is 30.3 Å². The van der Waals surface area contributed by atoms with Crippen LogP contribution in [0, 0.1) is 0 Å². The van der Waals surface area contributed by atoms with Crippen molar-refractivity contribution in [2.45, 2.75) is 6.61 Å². The molecule has 1 N–H and O–H groups in total. The van der Waals surface area contributed by atoms with Crippen LogP contribution < -0.4 is 10.2 Å². The first-order valence-electron chi connectivity index (χ1n) is 6.25. The summed E-state index contributed by atoms with van der Waals surface area (Å²) in [4.78, 5) is 36.1. The molecule has 0 spiro atoms. The lowest BCUT2D eigenvalue weighted by Gasteiger charge is -2.08. The van der Waals surface area contributed by atoms with Gasteiger partial charge in [0.2, 0.25) is 5.43 Å². The molecule has 1 heterocycles. The molecule has 0 saturated heterocycles. The number of hydrogen-bond donors (Lipinski definition) is 1. The second kappa shape index (κ2) is 7.00. The summed E-state index contributed by atoms with van der Waals surface area (Å²) in [5.41, 5.74) is 0.876. The van der Waals surface area contributed by atoms with E-state index < -0.39 is 5.43 Å². The maximum Gasteiger partial charge on any atom is 0.224 e. The van der Waals surface area contributed by atoms with Crippen molar-refractivity contribution in [1.29, 1.82) is 0 Å². The van der Waals surface area contributed by atoms with Gasteiger partial charge in [0.1, 0.15) is 18.6 Å². The quantitative estimate of drug-likeness (QED) is 0.649. The van der Waals surface area contributed by atoms with E-state index in [0.717, 1.165) is 5.56 Å². The molecule has 0 bridgehead atoms. The van der Waals surface area contributed by atoms with E-state index in [9.17, 15) is 14.4 Å². The van der Waals surface area contributed by atoms with Gasteiger partial charge in [-0.3, -0.25) is 14.4 Å². The summed E-state index contributed by atoms with van der Waals surface area (Å²) >= 11 is 0. The highest BCUT2D eigenvalue weighted by atomic mass is 16.5. The molecule has 0 amide bonds. The minimum atomic E-state index is -0.419. The Morgan fingerprint density at radius 3 is 2.57 bits per heavy atom. The second-order valence-electron chi connectivity index (χ2n) is 4.22. The number of H-pyrrole nitrogens is 1. The van der Waals surface area contributed by atoms with Gasteiger partial charge in [-0.25, -0.2) is 0 Å². The van der Waals surface area contributed by atoms with E-state index >= 15 is 0 Å². The third-order valence-corrected chi connectivity index (χ3v) is 2.73. The van der Waals surface area contributed by atoms with Gasteiger partial charge >= 0.3 is 0 Å². The Labute approximate surface area is 120 Å². The number of carbonyl (C=O) groups is 2. The highest BCUT2D eigenvalue weighted by Gasteiger charge is 2.10. The fraction of sp³-hybridized carbons (Fsp3) is 0.0625. The van der Waals surface area contributed by atoms with E-state index in [1.54, 1.807) is 0 Å². The van der Waals surface area contributed by atoms with E-state index in [1.165, 1.54) is 18.2 Å². The number of aromatic amines is 1. The molecule has 5 nitrogen and oxygen atoms in total. The number of allylic oxidation sites excluding steroid dienone is 1. The molecule has 0 atom stereocenters. The average molecular weight is 283 g/mol. The molecule has 0 aliphatic carbocycles. The Bertz CT molecular complexity index is 717. The SMILES string of the molecule is O=C/C=C\c1cc(=O)c(OCc2ccccc2)c(C=O)[nH]1. The minimum Gasteiger partial charge on any atom is -0.483 e. The standard InChI is InChI=1S/C16H13NO4/c18-8-4-7-13-9-15(20)16(14(10-19)17-13)21-11-12-5-2-1-3-6-12/h1-10H,11H2,(H,17,20)/b7-4-. The summed E-state index contributed by atoms with van der Waals surface area (Å²) in [6, 6.07) is 10.6. The van der Waals surface area contributed by atoms with E-state index in [-0.39, 0.29) is 18.1 Å². The number of aldehydes is 2. The molecule has 0 aliphatic rings. The molecule has 106 valence electrons. The first-order chi connectivity index (χ1) is 10.2. The molecule has 1 aromatic carbocycles. The first-order valence-corrected chi connectivity index (χ1v) is 6.25. The van der Waals surface area contributed by atoms with Gasteiger partial charge in [-0.15, -0.1) is 0 Å². The normalized spacial score (nSPS) is 10.5. The molecule has 5 heteroatoms. The Morgan fingerprint density at radius 2 is 1.90 bits per heavy atom. The van der Waals surface area contributed by atoms with E-state index in [2.05, 4.69) is 4.98 Å². The minimum absolute atomic E-state index is 0.0305. The van der Waals surface area contributed by atoms with Crippen molar-refractivity contribution in [2.75, 3.05) is 0 Å².